The van der Waals surface area contributed by atoms with E-state index in [9.17, 15) is 12.8 Å². The first-order valence-electron chi connectivity index (χ1n) is 5.03. The normalized spacial score (nSPS) is 11.4. The van der Waals surface area contributed by atoms with E-state index >= 15 is 0 Å². The van der Waals surface area contributed by atoms with Crippen LogP contribution >= 0.6 is 0 Å². The summed E-state index contributed by atoms with van der Waals surface area (Å²) in [6, 6.07) is 5.02. The second-order valence-corrected chi connectivity index (χ2v) is 5.57. The molecule has 0 radical (unpaired) electrons. The molecule has 0 aliphatic carbocycles. The predicted octanol–water partition coefficient (Wildman–Crippen LogP) is 1.17. The molecule has 1 aromatic carbocycles. The minimum Gasteiger partial charge on any atom is -0.399 e. The summed E-state index contributed by atoms with van der Waals surface area (Å²) in [6.45, 7) is 0. The molecule has 1 aromatic heterocycles. The lowest BCUT2D eigenvalue weighted by atomic mass is 10.3. The summed E-state index contributed by atoms with van der Waals surface area (Å²) >= 11 is 0. The zero-order valence-corrected chi connectivity index (χ0v) is 10.1. The quantitative estimate of drug-likeness (QED) is 0.844. The monoisotopic (exact) mass is 267 g/mol. The molecule has 0 unspecified atom stereocenters. The maximum Gasteiger partial charge on any atom is 0.188 e. The average Bonchev–Trinajstić information content (AvgIpc) is 2.29. The lowest BCUT2D eigenvalue weighted by Gasteiger charge is -2.05. The summed E-state index contributed by atoms with van der Waals surface area (Å²) in [5.74, 6) is -1.20. The summed E-state index contributed by atoms with van der Waals surface area (Å²) in [6.07, 6.45) is 2.86. The minimum atomic E-state index is -3.82. The molecule has 0 aliphatic heterocycles. The van der Waals surface area contributed by atoms with Crippen LogP contribution in [0.25, 0.3) is 0 Å². The van der Waals surface area contributed by atoms with Crippen LogP contribution in [0.5, 0.6) is 0 Å². The number of benzene rings is 1. The van der Waals surface area contributed by atoms with Crippen LogP contribution in [-0.4, -0.2) is 18.4 Å². The van der Waals surface area contributed by atoms with Gasteiger partial charge in [0.2, 0.25) is 0 Å². The Hall–Kier alpha value is -2.02. The molecule has 0 amide bonds. The molecule has 0 spiro atoms. The highest BCUT2D eigenvalue weighted by Crippen LogP contribution is 2.20. The first-order chi connectivity index (χ1) is 8.49. The Morgan fingerprint density at radius 3 is 2.50 bits per heavy atom. The molecule has 0 aliphatic rings. The van der Waals surface area contributed by atoms with E-state index in [0.717, 1.165) is 12.1 Å². The number of hydrogen-bond donors (Lipinski definition) is 1. The van der Waals surface area contributed by atoms with Crippen molar-refractivity contribution in [1.82, 2.24) is 9.97 Å². The molecule has 0 atom stereocenters. The van der Waals surface area contributed by atoms with Gasteiger partial charge in [-0.05, 0) is 24.3 Å². The standard InChI is InChI=1S/C11H10FN3O2S/c12-9-6-8(13)2-3-10(9)18(16,17)7-11-14-4-1-5-15-11/h1-6H,7,13H2. The van der Waals surface area contributed by atoms with Crippen molar-refractivity contribution >= 4 is 15.5 Å². The van der Waals surface area contributed by atoms with Gasteiger partial charge < -0.3 is 5.73 Å². The number of nitrogen functional groups attached to an aromatic ring is 1. The Labute approximate surface area is 103 Å². The predicted molar refractivity (Wildman–Crippen MR) is 63.7 cm³/mol. The second-order valence-electron chi connectivity index (χ2n) is 3.61. The number of hydrogen-bond acceptors (Lipinski definition) is 5. The first kappa shape index (κ1) is 12.4. The van der Waals surface area contributed by atoms with Crippen molar-refractivity contribution in [3.05, 3.63) is 48.3 Å². The highest BCUT2D eigenvalue weighted by atomic mass is 32.2. The van der Waals surface area contributed by atoms with Crippen LogP contribution in [0.4, 0.5) is 10.1 Å². The van der Waals surface area contributed by atoms with Crippen LogP contribution in [0.2, 0.25) is 0 Å². The van der Waals surface area contributed by atoms with Gasteiger partial charge in [-0.1, -0.05) is 0 Å². The van der Waals surface area contributed by atoms with Crippen molar-refractivity contribution in [3.8, 4) is 0 Å². The second kappa shape index (κ2) is 4.69. The third-order valence-electron chi connectivity index (χ3n) is 2.23. The highest BCUT2D eigenvalue weighted by Gasteiger charge is 2.21. The van der Waals surface area contributed by atoms with Gasteiger partial charge in [0.25, 0.3) is 0 Å². The van der Waals surface area contributed by atoms with Gasteiger partial charge in [0.15, 0.2) is 9.84 Å². The Morgan fingerprint density at radius 2 is 1.89 bits per heavy atom. The van der Waals surface area contributed by atoms with Crippen LogP contribution in [-0.2, 0) is 15.6 Å². The van der Waals surface area contributed by atoms with Crippen molar-refractivity contribution in [2.75, 3.05) is 5.73 Å². The lowest BCUT2D eigenvalue weighted by Crippen LogP contribution is -2.09. The van der Waals surface area contributed by atoms with Crippen LogP contribution in [0.15, 0.2) is 41.6 Å². The Balaban J connectivity index is 2.37. The Bertz CT molecular complexity index is 659. The van der Waals surface area contributed by atoms with Crippen molar-refractivity contribution in [3.63, 3.8) is 0 Å². The van der Waals surface area contributed by atoms with Crippen molar-refractivity contribution in [2.45, 2.75) is 10.6 Å². The maximum atomic E-state index is 13.5. The molecule has 0 saturated heterocycles. The summed E-state index contributed by atoms with van der Waals surface area (Å²) in [5.41, 5.74) is 5.53. The summed E-state index contributed by atoms with van der Waals surface area (Å²) in [5, 5.41) is 0. The number of aromatic nitrogens is 2. The van der Waals surface area contributed by atoms with Gasteiger partial charge in [0, 0.05) is 18.1 Å². The van der Waals surface area contributed by atoms with Crippen LogP contribution < -0.4 is 5.73 Å². The van der Waals surface area contributed by atoms with E-state index in [-0.39, 0.29) is 11.5 Å². The number of anilines is 1. The molecule has 5 nitrogen and oxygen atoms in total. The zero-order valence-electron chi connectivity index (χ0n) is 9.25. The highest BCUT2D eigenvalue weighted by molar-refractivity contribution is 7.90. The third-order valence-corrected chi connectivity index (χ3v) is 3.87. The van der Waals surface area contributed by atoms with E-state index in [1.54, 1.807) is 6.07 Å². The van der Waals surface area contributed by atoms with Gasteiger partial charge >= 0.3 is 0 Å². The average molecular weight is 267 g/mol. The molecule has 0 bridgehead atoms. The number of rotatable bonds is 3. The SMILES string of the molecule is Nc1ccc(S(=O)(=O)Cc2ncccn2)c(F)c1. The maximum absolute atomic E-state index is 13.5. The van der Waals surface area contributed by atoms with E-state index in [2.05, 4.69) is 9.97 Å². The first-order valence-corrected chi connectivity index (χ1v) is 6.68. The Morgan fingerprint density at radius 1 is 1.22 bits per heavy atom. The number of nitrogens with zero attached hydrogens (tertiary/aromatic N) is 2. The molecule has 1 heterocycles. The zero-order chi connectivity index (χ0) is 13.2. The van der Waals surface area contributed by atoms with Crippen molar-refractivity contribution in [1.29, 1.82) is 0 Å². The van der Waals surface area contributed by atoms with Gasteiger partial charge in [-0.25, -0.2) is 22.8 Å². The molecule has 2 aromatic rings. The van der Waals surface area contributed by atoms with E-state index in [0.29, 0.717) is 0 Å². The van der Waals surface area contributed by atoms with Gasteiger partial charge in [0.05, 0.1) is 0 Å². The van der Waals surface area contributed by atoms with E-state index in [4.69, 9.17) is 5.73 Å². The summed E-state index contributed by atoms with van der Waals surface area (Å²) in [7, 11) is -3.82. The molecule has 18 heavy (non-hydrogen) atoms. The van der Waals surface area contributed by atoms with Crippen molar-refractivity contribution < 1.29 is 12.8 Å². The smallest absolute Gasteiger partial charge is 0.188 e. The fourth-order valence-electron chi connectivity index (χ4n) is 1.42. The Kier molecular flexibility index (Phi) is 3.24. The summed E-state index contributed by atoms with van der Waals surface area (Å²) in [4.78, 5) is 7.20. The summed E-state index contributed by atoms with van der Waals surface area (Å²) < 4.78 is 37.5. The third kappa shape index (κ3) is 2.62. The molecule has 2 N–H and O–H groups in total. The molecule has 0 saturated carbocycles. The van der Waals surface area contributed by atoms with Gasteiger partial charge in [0.1, 0.15) is 22.3 Å². The number of nitrogens with two attached hydrogens (primary N) is 1. The van der Waals surface area contributed by atoms with E-state index in [1.165, 1.54) is 18.5 Å². The van der Waals surface area contributed by atoms with Crippen molar-refractivity contribution in [2.24, 2.45) is 0 Å². The molecular weight excluding hydrogens is 257 g/mol. The van der Waals surface area contributed by atoms with Crippen LogP contribution in [0.1, 0.15) is 5.82 Å². The lowest BCUT2D eigenvalue weighted by molar-refractivity contribution is 0.566. The molecule has 0 fully saturated rings. The van der Waals surface area contributed by atoms with E-state index < -0.39 is 26.3 Å². The largest absolute Gasteiger partial charge is 0.399 e. The molecule has 7 heteroatoms. The van der Waals surface area contributed by atoms with E-state index in [1.807, 2.05) is 0 Å². The topological polar surface area (TPSA) is 85.9 Å². The molecule has 2 rings (SSSR count). The molecular formula is C11H10FN3O2S. The number of sulfone groups is 1. The number of halogens is 1. The fourth-order valence-corrected chi connectivity index (χ4v) is 2.70. The minimum absolute atomic E-state index is 0.119. The fraction of sp³-hybridized carbons (Fsp3) is 0.0909. The van der Waals surface area contributed by atoms with Gasteiger partial charge in [-0.3, -0.25) is 0 Å². The van der Waals surface area contributed by atoms with Gasteiger partial charge in [-0.2, -0.15) is 0 Å². The van der Waals surface area contributed by atoms with Crippen LogP contribution in [0.3, 0.4) is 0 Å². The van der Waals surface area contributed by atoms with Gasteiger partial charge in [-0.15, -0.1) is 0 Å². The van der Waals surface area contributed by atoms with Crippen LogP contribution in [0, 0.1) is 5.82 Å². The molecule has 94 valence electrons.